The van der Waals surface area contributed by atoms with E-state index in [0.717, 1.165) is 0 Å². The largest absolute Gasteiger partial charge is 0.369 e. The molecule has 2 rings (SSSR count). The fraction of sp³-hybridized carbons (Fsp3) is 0.600. The lowest BCUT2D eigenvalue weighted by atomic mass is 9.77. The van der Waals surface area contributed by atoms with Gasteiger partial charge in [0.25, 0.3) is 0 Å². The van der Waals surface area contributed by atoms with Gasteiger partial charge in [0, 0.05) is 18.3 Å². The van der Waals surface area contributed by atoms with E-state index in [2.05, 4.69) is 57.7 Å². The van der Waals surface area contributed by atoms with Crippen molar-refractivity contribution in [2.75, 3.05) is 11.4 Å². The maximum atomic E-state index is 2.53. The standard InChI is InChI=1S/C15H23N/c1-11(2)16-9-8-15(4,5)13-10-12(3)6-7-14(13)16/h6-7,10-11H,8-9H2,1-5H3. The summed E-state index contributed by atoms with van der Waals surface area (Å²) in [6, 6.07) is 7.49. The van der Waals surface area contributed by atoms with E-state index in [1.165, 1.54) is 29.8 Å². The summed E-state index contributed by atoms with van der Waals surface area (Å²) in [5.41, 5.74) is 4.66. The van der Waals surface area contributed by atoms with Crippen LogP contribution in [0.2, 0.25) is 0 Å². The minimum atomic E-state index is 0.326. The highest BCUT2D eigenvalue weighted by Gasteiger charge is 2.31. The van der Waals surface area contributed by atoms with Gasteiger partial charge in [0.05, 0.1) is 0 Å². The monoisotopic (exact) mass is 217 g/mol. The van der Waals surface area contributed by atoms with Crippen LogP contribution >= 0.6 is 0 Å². The molecule has 0 saturated carbocycles. The zero-order chi connectivity index (χ0) is 11.9. The molecule has 0 bridgehead atoms. The zero-order valence-corrected chi connectivity index (χ0v) is 11.2. The first-order chi connectivity index (χ1) is 7.42. The molecule has 0 saturated heterocycles. The zero-order valence-electron chi connectivity index (χ0n) is 11.2. The van der Waals surface area contributed by atoms with E-state index in [-0.39, 0.29) is 0 Å². The first-order valence-electron chi connectivity index (χ1n) is 6.29. The Kier molecular flexibility index (Phi) is 2.73. The van der Waals surface area contributed by atoms with Gasteiger partial charge in [-0.3, -0.25) is 0 Å². The van der Waals surface area contributed by atoms with Crippen LogP contribution in [0.5, 0.6) is 0 Å². The Hall–Kier alpha value is -0.980. The third kappa shape index (κ3) is 1.83. The van der Waals surface area contributed by atoms with E-state index in [1.807, 2.05) is 0 Å². The number of hydrogen-bond acceptors (Lipinski definition) is 1. The lowest BCUT2D eigenvalue weighted by Crippen LogP contribution is -2.41. The van der Waals surface area contributed by atoms with Gasteiger partial charge in [0.2, 0.25) is 0 Å². The van der Waals surface area contributed by atoms with Crippen molar-refractivity contribution in [1.29, 1.82) is 0 Å². The van der Waals surface area contributed by atoms with E-state index in [0.29, 0.717) is 11.5 Å². The second kappa shape index (κ2) is 3.80. The predicted molar refractivity (Wildman–Crippen MR) is 71.3 cm³/mol. The molecule has 0 amide bonds. The average Bonchev–Trinajstić information content (AvgIpc) is 2.18. The molecule has 1 heterocycles. The van der Waals surface area contributed by atoms with Crippen molar-refractivity contribution in [2.24, 2.45) is 0 Å². The first-order valence-corrected chi connectivity index (χ1v) is 6.29. The fourth-order valence-corrected chi connectivity index (χ4v) is 2.63. The second-order valence-corrected chi connectivity index (χ2v) is 5.94. The number of hydrogen-bond donors (Lipinski definition) is 0. The van der Waals surface area contributed by atoms with Gasteiger partial charge < -0.3 is 4.90 Å². The highest BCUT2D eigenvalue weighted by molar-refractivity contribution is 5.60. The molecule has 16 heavy (non-hydrogen) atoms. The van der Waals surface area contributed by atoms with E-state index >= 15 is 0 Å². The third-order valence-electron chi connectivity index (χ3n) is 3.79. The van der Waals surface area contributed by atoms with Crippen molar-refractivity contribution in [2.45, 2.75) is 52.5 Å². The number of rotatable bonds is 1. The minimum absolute atomic E-state index is 0.326. The molecule has 1 nitrogen and oxygen atoms in total. The highest BCUT2D eigenvalue weighted by Crippen LogP contribution is 2.40. The fourth-order valence-electron chi connectivity index (χ4n) is 2.63. The number of nitrogens with zero attached hydrogens (tertiary/aromatic N) is 1. The number of anilines is 1. The number of benzene rings is 1. The van der Waals surface area contributed by atoms with Crippen LogP contribution in [0.4, 0.5) is 5.69 Å². The van der Waals surface area contributed by atoms with E-state index in [9.17, 15) is 0 Å². The van der Waals surface area contributed by atoms with Crippen LogP contribution in [0.3, 0.4) is 0 Å². The molecule has 0 unspecified atom stereocenters. The molecular weight excluding hydrogens is 194 g/mol. The molecule has 1 aliphatic rings. The summed E-state index contributed by atoms with van der Waals surface area (Å²) in [6.45, 7) is 12.7. The van der Waals surface area contributed by atoms with Crippen LogP contribution in [-0.2, 0) is 5.41 Å². The van der Waals surface area contributed by atoms with Crippen LogP contribution in [0.25, 0.3) is 0 Å². The Labute approximate surface area is 99.5 Å². The van der Waals surface area contributed by atoms with Gasteiger partial charge >= 0.3 is 0 Å². The molecule has 0 fully saturated rings. The normalized spacial score (nSPS) is 18.8. The Morgan fingerprint density at radius 1 is 1.25 bits per heavy atom. The molecule has 0 atom stereocenters. The summed E-state index contributed by atoms with van der Waals surface area (Å²) in [4.78, 5) is 2.53. The van der Waals surface area contributed by atoms with E-state index in [1.54, 1.807) is 0 Å². The summed E-state index contributed by atoms with van der Waals surface area (Å²) in [6.07, 6.45) is 1.25. The van der Waals surface area contributed by atoms with Gasteiger partial charge in [0.15, 0.2) is 0 Å². The average molecular weight is 217 g/mol. The predicted octanol–water partition coefficient (Wildman–Crippen LogP) is 3.89. The quantitative estimate of drug-likeness (QED) is 0.690. The van der Waals surface area contributed by atoms with Gasteiger partial charge in [-0.1, -0.05) is 31.5 Å². The Morgan fingerprint density at radius 2 is 1.94 bits per heavy atom. The first kappa shape index (κ1) is 11.5. The van der Waals surface area contributed by atoms with Gasteiger partial charge in [-0.2, -0.15) is 0 Å². The lowest BCUT2D eigenvalue weighted by Gasteiger charge is -2.42. The van der Waals surface area contributed by atoms with Gasteiger partial charge in [-0.25, -0.2) is 0 Å². The van der Waals surface area contributed by atoms with Crippen LogP contribution in [0, 0.1) is 6.92 Å². The highest BCUT2D eigenvalue weighted by atomic mass is 15.2. The molecule has 0 aromatic heterocycles. The summed E-state index contributed by atoms with van der Waals surface area (Å²) >= 11 is 0. The molecule has 88 valence electrons. The molecule has 1 heteroatoms. The van der Waals surface area contributed by atoms with Gasteiger partial charge in [-0.15, -0.1) is 0 Å². The van der Waals surface area contributed by atoms with E-state index < -0.39 is 0 Å². The van der Waals surface area contributed by atoms with Crippen molar-refractivity contribution < 1.29 is 0 Å². The maximum Gasteiger partial charge on any atom is 0.0406 e. The molecule has 0 spiro atoms. The van der Waals surface area contributed by atoms with Crippen LogP contribution in [0.15, 0.2) is 18.2 Å². The summed E-state index contributed by atoms with van der Waals surface area (Å²) in [5, 5.41) is 0. The molecule has 1 aromatic carbocycles. The number of aryl methyl sites for hydroxylation is 1. The smallest absolute Gasteiger partial charge is 0.0406 e. The topological polar surface area (TPSA) is 3.24 Å². The van der Waals surface area contributed by atoms with Gasteiger partial charge in [0.1, 0.15) is 0 Å². The van der Waals surface area contributed by atoms with Crippen molar-refractivity contribution in [3.63, 3.8) is 0 Å². The van der Waals surface area contributed by atoms with Gasteiger partial charge in [-0.05, 0) is 44.2 Å². The Morgan fingerprint density at radius 3 is 2.56 bits per heavy atom. The summed E-state index contributed by atoms with van der Waals surface area (Å²) in [7, 11) is 0. The van der Waals surface area contributed by atoms with Crippen LogP contribution < -0.4 is 4.90 Å². The summed E-state index contributed by atoms with van der Waals surface area (Å²) in [5.74, 6) is 0. The molecular formula is C15H23N. The van der Waals surface area contributed by atoms with E-state index in [4.69, 9.17) is 0 Å². The molecule has 1 aliphatic heterocycles. The molecule has 1 aromatic rings. The van der Waals surface area contributed by atoms with Crippen molar-refractivity contribution in [1.82, 2.24) is 0 Å². The molecule has 0 N–H and O–H groups in total. The lowest BCUT2D eigenvalue weighted by molar-refractivity contribution is 0.442. The third-order valence-corrected chi connectivity index (χ3v) is 3.79. The SMILES string of the molecule is Cc1ccc2c(c1)C(C)(C)CCN2C(C)C. The van der Waals surface area contributed by atoms with Crippen LogP contribution in [-0.4, -0.2) is 12.6 Å². The number of fused-ring (bicyclic) bond motifs is 1. The van der Waals surface area contributed by atoms with Crippen molar-refractivity contribution in [3.8, 4) is 0 Å². The maximum absolute atomic E-state index is 2.53. The van der Waals surface area contributed by atoms with Crippen molar-refractivity contribution >= 4 is 5.69 Å². The van der Waals surface area contributed by atoms with Crippen molar-refractivity contribution in [3.05, 3.63) is 29.3 Å². The van der Waals surface area contributed by atoms with Crippen LogP contribution in [0.1, 0.15) is 45.2 Å². The molecule has 0 aliphatic carbocycles. The minimum Gasteiger partial charge on any atom is -0.369 e. The summed E-state index contributed by atoms with van der Waals surface area (Å²) < 4.78 is 0. The second-order valence-electron chi connectivity index (χ2n) is 5.94. The Balaban J connectivity index is 2.53. The molecule has 0 radical (unpaired) electrons. The Bertz CT molecular complexity index is 390.